The van der Waals surface area contributed by atoms with Crippen LogP contribution in [0, 0.1) is 5.92 Å². The van der Waals surface area contributed by atoms with E-state index in [-0.39, 0.29) is 0 Å². The van der Waals surface area contributed by atoms with Crippen molar-refractivity contribution in [3.8, 4) is 0 Å². The topological polar surface area (TPSA) is 57.5 Å². The number of likely N-dealkylation sites (tertiary alicyclic amines) is 1. The lowest BCUT2D eigenvalue weighted by Crippen LogP contribution is -2.47. The number of hydrogen-bond acceptors (Lipinski definition) is 3. The molecule has 0 saturated carbocycles. The van der Waals surface area contributed by atoms with Crippen molar-refractivity contribution in [2.75, 3.05) is 33.7 Å². The van der Waals surface area contributed by atoms with Gasteiger partial charge in [-0.1, -0.05) is 0 Å². The smallest absolute Gasteiger partial charge is 0.191 e. The van der Waals surface area contributed by atoms with Crippen molar-refractivity contribution in [3.63, 3.8) is 0 Å². The van der Waals surface area contributed by atoms with Gasteiger partial charge in [-0.05, 0) is 58.2 Å². The van der Waals surface area contributed by atoms with Gasteiger partial charge in [0.25, 0.3) is 0 Å². The predicted octanol–water partition coefficient (Wildman–Crippen LogP) is 1.44. The molecule has 1 aromatic rings. The molecule has 0 bridgehead atoms. The molecule has 1 aliphatic heterocycles. The number of fused-ring (bicyclic) bond motifs is 1. The van der Waals surface area contributed by atoms with Gasteiger partial charge in [0, 0.05) is 44.8 Å². The average Bonchev–Trinajstić information content (AvgIpc) is 3.17. The summed E-state index contributed by atoms with van der Waals surface area (Å²) >= 11 is 0. The van der Waals surface area contributed by atoms with Crippen LogP contribution in [-0.4, -0.2) is 60.4 Å². The Morgan fingerprint density at radius 3 is 2.92 bits per heavy atom. The summed E-state index contributed by atoms with van der Waals surface area (Å²) in [6.45, 7) is 7.76. The zero-order valence-electron chi connectivity index (χ0n) is 15.5. The Labute approximate surface area is 145 Å². The van der Waals surface area contributed by atoms with Gasteiger partial charge in [0.15, 0.2) is 5.96 Å². The standard InChI is InChI=1S/C18H32N6/c1-13(2)24-12-15-5-6-16(9-17(15)22-24)21-18(19-3)20-10-14-7-8-23(4)11-14/h12-14,16H,5-11H2,1-4H3,(H2,19,20,21). The Balaban J connectivity index is 1.51. The highest BCUT2D eigenvalue weighted by molar-refractivity contribution is 5.80. The van der Waals surface area contributed by atoms with Gasteiger partial charge in [-0.25, -0.2) is 0 Å². The van der Waals surface area contributed by atoms with Gasteiger partial charge in [-0.15, -0.1) is 0 Å². The minimum Gasteiger partial charge on any atom is -0.356 e. The molecule has 24 heavy (non-hydrogen) atoms. The van der Waals surface area contributed by atoms with Crippen molar-refractivity contribution in [2.24, 2.45) is 10.9 Å². The molecule has 1 saturated heterocycles. The summed E-state index contributed by atoms with van der Waals surface area (Å²) in [4.78, 5) is 6.81. The van der Waals surface area contributed by atoms with Crippen LogP contribution in [0.3, 0.4) is 0 Å². The summed E-state index contributed by atoms with van der Waals surface area (Å²) in [7, 11) is 4.06. The molecule has 1 aromatic heterocycles. The molecule has 2 atom stereocenters. The summed E-state index contributed by atoms with van der Waals surface area (Å²) in [5.74, 6) is 1.66. The van der Waals surface area contributed by atoms with Crippen LogP contribution in [0.1, 0.15) is 44.0 Å². The first kappa shape index (κ1) is 17.3. The maximum atomic E-state index is 4.76. The molecule has 0 amide bonds. The normalized spacial score (nSPS) is 25.1. The van der Waals surface area contributed by atoms with Crippen molar-refractivity contribution in [1.29, 1.82) is 0 Å². The van der Waals surface area contributed by atoms with Crippen LogP contribution in [0.25, 0.3) is 0 Å². The lowest BCUT2D eigenvalue weighted by Gasteiger charge is -2.25. The molecular formula is C18H32N6. The highest BCUT2D eigenvalue weighted by Crippen LogP contribution is 2.21. The molecule has 2 heterocycles. The number of rotatable bonds is 4. The second-order valence-corrected chi connectivity index (χ2v) is 7.63. The lowest BCUT2D eigenvalue weighted by molar-refractivity contribution is 0.393. The Kier molecular flexibility index (Phi) is 5.43. The third kappa shape index (κ3) is 4.09. The number of aliphatic imine (C=N–C) groups is 1. The minimum atomic E-state index is 0.422. The fourth-order valence-electron chi connectivity index (χ4n) is 3.72. The summed E-state index contributed by atoms with van der Waals surface area (Å²) in [6, 6.07) is 0.853. The van der Waals surface area contributed by atoms with E-state index in [4.69, 9.17) is 5.10 Å². The Bertz CT molecular complexity index is 576. The number of nitrogens with zero attached hydrogens (tertiary/aromatic N) is 4. The van der Waals surface area contributed by atoms with Crippen LogP contribution >= 0.6 is 0 Å². The molecular weight excluding hydrogens is 300 g/mol. The second-order valence-electron chi connectivity index (χ2n) is 7.63. The van der Waals surface area contributed by atoms with Crippen molar-refractivity contribution < 1.29 is 0 Å². The van der Waals surface area contributed by atoms with E-state index in [1.165, 1.54) is 30.8 Å². The summed E-state index contributed by atoms with van der Waals surface area (Å²) in [5.41, 5.74) is 2.67. The number of hydrogen-bond donors (Lipinski definition) is 2. The van der Waals surface area contributed by atoms with E-state index in [2.05, 4.69) is 52.3 Å². The quantitative estimate of drug-likeness (QED) is 0.647. The third-order valence-corrected chi connectivity index (χ3v) is 5.24. The van der Waals surface area contributed by atoms with E-state index in [1.54, 1.807) is 0 Å². The number of aromatic nitrogens is 2. The number of guanidine groups is 1. The van der Waals surface area contributed by atoms with Gasteiger partial charge in [-0.2, -0.15) is 5.10 Å². The first-order valence-corrected chi connectivity index (χ1v) is 9.27. The van der Waals surface area contributed by atoms with E-state index < -0.39 is 0 Å². The van der Waals surface area contributed by atoms with Crippen LogP contribution in [0.15, 0.2) is 11.2 Å². The zero-order chi connectivity index (χ0) is 17.1. The van der Waals surface area contributed by atoms with Crippen LogP contribution in [0.4, 0.5) is 0 Å². The van der Waals surface area contributed by atoms with Crippen molar-refractivity contribution in [1.82, 2.24) is 25.3 Å². The van der Waals surface area contributed by atoms with E-state index >= 15 is 0 Å². The third-order valence-electron chi connectivity index (χ3n) is 5.24. The first-order valence-electron chi connectivity index (χ1n) is 9.27. The fraction of sp³-hybridized carbons (Fsp3) is 0.778. The monoisotopic (exact) mass is 332 g/mol. The Morgan fingerprint density at radius 2 is 2.25 bits per heavy atom. The van der Waals surface area contributed by atoms with Gasteiger partial charge in [0.2, 0.25) is 0 Å². The summed E-state index contributed by atoms with van der Waals surface area (Å²) in [5, 5.41) is 11.9. The first-order chi connectivity index (χ1) is 11.5. The molecule has 6 heteroatoms. The number of aryl methyl sites for hydroxylation is 1. The second kappa shape index (κ2) is 7.55. The van der Waals surface area contributed by atoms with Gasteiger partial charge < -0.3 is 15.5 Å². The highest BCUT2D eigenvalue weighted by Gasteiger charge is 2.24. The Hall–Kier alpha value is -1.56. The predicted molar refractivity (Wildman–Crippen MR) is 98.5 cm³/mol. The SMILES string of the molecule is CN=C(NCC1CCN(C)C1)NC1CCc2cn(C(C)C)nc2C1. The summed E-state index contributed by atoms with van der Waals surface area (Å²) in [6.07, 6.45) is 6.73. The van der Waals surface area contributed by atoms with Crippen LogP contribution in [0.5, 0.6) is 0 Å². The number of nitrogens with one attached hydrogen (secondary N) is 2. The zero-order valence-corrected chi connectivity index (χ0v) is 15.5. The largest absolute Gasteiger partial charge is 0.356 e. The molecule has 6 nitrogen and oxygen atoms in total. The molecule has 0 radical (unpaired) electrons. The molecule has 134 valence electrons. The van der Waals surface area contributed by atoms with E-state index in [9.17, 15) is 0 Å². The van der Waals surface area contributed by atoms with Crippen molar-refractivity contribution in [2.45, 2.75) is 51.6 Å². The lowest BCUT2D eigenvalue weighted by atomic mass is 9.94. The fourth-order valence-corrected chi connectivity index (χ4v) is 3.72. The molecule has 1 aliphatic carbocycles. The van der Waals surface area contributed by atoms with Gasteiger partial charge in [0.05, 0.1) is 5.69 Å². The maximum Gasteiger partial charge on any atom is 0.191 e. The van der Waals surface area contributed by atoms with Crippen molar-refractivity contribution >= 4 is 5.96 Å². The van der Waals surface area contributed by atoms with Crippen LogP contribution in [0.2, 0.25) is 0 Å². The maximum absolute atomic E-state index is 4.76. The van der Waals surface area contributed by atoms with Crippen LogP contribution in [-0.2, 0) is 12.8 Å². The van der Waals surface area contributed by atoms with Gasteiger partial charge in [0.1, 0.15) is 0 Å². The molecule has 2 aliphatic rings. The van der Waals surface area contributed by atoms with Crippen molar-refractivity contribution in [3.05, 3.63) is 17.5 Å². The van der Waals surface area contributed by atoms with Crippen LogP contribution < -0.4 is 10.6 Å². The van der Waals surface area contributed by atoms with E-state index in [1.807, 2.05) is 7.05 Å². The molecule has 0 spiro atoms. The minimum absolute atomic E-state index is 0.422. The molecule has 3 rings (SSSR count). The molecule has 1 fully saturated rings. The molecule has 2 unspecified atom stereocenters. The average molecular weight is 332 g/mol. The highest BCUT2D eigenvalue weighted by atomic mass is 15.3. The van der Waals surface area contributed by atoms with E-state index in [0.29, 0.717) is 12.1 Å². The van der Waals surface area contributed by atoms with Gasteiger partial charge in [-0.3, -0.25) is 9.67 Å². The van der Waals surface area contributed by atoms with E-state index in [0.717, 1.165) is 37.7 Å². The molecule has 0 aromatic carbocycles. The summed E-state index contributed by atoms with van der Waals surface area (Å²) < 4.78 is 2.09. The Morgan fingerprint density at radius 1 is 1.42 bits per heavy atom. The molecule has 2 N–H and O–H groups in total. The van der Waals surface area contributed by atoms with Gasteiger partial charge >= 0.3 is 0 Å².